The second kappa shape index (κ2) is 26.8. The number of ketones is 3. The third-order valence-electron chi connectivity index (χ3n) is 5.13. The van der Waals surface area contributed by atoms with Crippen molar-refractivity contribution in [1.29, 1.82) is 0 Å². The van der Waals surface area contributed by atoms with E-state index >= 15 is 0 Å². The van der Waals surface area contributed by atoms with Crippen molar-refractivity contribution in [3.63, 3.8) is 0 Å². The molecule has 0 saturated heterocycles. The first kappa shape index (κ1) is 44.7. The van der Waals surface area contributed by atoms with Crippen molar-refractivity contribution in [2.75, 3.05) is 34.5 Å². The molecule has 0 amide bonds. The molecule has 6 atom stereocenters. The van der Waals surface area contributed by atoms with Gasteiger partial charge in [0.05, 0.1) is 18.1 Å². The van der Waals surface area contributed by atoms with Crippen LogP contribution in [-0.4, -0.2) is 121 Å². The molecule has 6 unspecified atom stereocenters. The first-order chi connectivity index (χ1) is 19.3. The number of carbonyl (C=O) groups excluding carboxylic acids is 3. The zero-order valence-electron chi connectivity index (χ0n) is 24.3. The first-order valence-corrected chi connectivity index (χ1v) is 16.3. The van der Waals surface area contributed by atoms with Gasteiger partial charge in [-0.3, -0.25) is 28.8 Å². The van der Waals surface area contributed by atoms with Crippen LogP contribution in [0.25, 0.3) is 0 Å². The lowest BCUT2D eigenvalue weighted by Gasteiger charge is -2.08. The van der Waals surface area contributed by atoms with Gasteiger partial charge in [-0.2, -0.15) is 35.3 Å². The summed E-state index contributed by atoms with van der Waals surface area (Å²) in [6, 6.07) is -3.88. The normalized spacial score (nSPS) is 14.8. The van der Waals surface area contributed by atoms with Gasteiger partial charge in [-0.1, -0.05) is 0 Å². The van der Waals surface area contributed by atoms with Crippen LogP contribution in [0.3, 0.4) is 0 Å². The molecule has 0 aliphatic rings. The van der Waals surface area contributed by atoms with E-state index in [9.17, 15) is 28.8 Å². The van der Waals surface area contributed by atoms with E-state index in [1.54, 1.807) is 11.8 Å². The molecular formula is C24H48N6O9S3. The number of hydrogen-bond acceptors (Lipinski definition) is 15. The molecule has 0 heterocycles. The molecule has 0 radical (unpaired) electrons. The van der Waals surface area contributed by atoms with Crippen LogP contribution >= 0.6 is 35.3 Å². The zero-order valence-corrected chi connectivity index (χ0v) is 26.8. The molecule has 0 spiro atoms. The molecule has 0 aromatic heterocycles. The van der Waals surface area contributed by atoms with Crippen molar-refractivity contribution >= 4 is 70.5 Å². The molecule has 0 aliphatic heterocycles. The number of thioether (sulfide) groups is 3. The Morgan fingerprint density at radius 3 is 1.07 bits per heavy atom. The summed E-state index contributed by atoms with van der Waals surface area (Å²) in [5, 5.41) is 25.4. The third kappa shape index (κ3) is 28.4. The van der Waals surface area contributed by atoms with Crippen molar-refractivity contribution in [1.82, 2.24) is 0 Å². The smallest absolute Gasteiger partial charge is 0.321 e. The summed E-state index contributed by atoms with van der Waals surface area (Å²) in [7, 11) is 0. The van der Waals surface area contributed by atoms with Gasteiger partial charge in [0.25, 0.3) is 0 Å². The molecule has 0 aromatic carbocycles. The second-order valence-corrected chi connectivity index (χ2v) is 12.5. The van der Waals surface area contributed by atoms with E-state index in [0.29, 0.717) is 42.3 Å². The highest BCUT2D eigenvalue weighted by atomic mass is 32.2. The Morgan fingerprint density at radius 1 is 0.452 bits per heavy atom. The lowest BCUT2D eigenvalue weighted by atomic mass is 10.2. The highest BCUT2D eigenvalue weighted by Gasteiger charge is 2.14. The number of carboxylic acids is 3. The Bertz CT molecular complexity index is 778. The molecule has 0 rings (SSSR count). The molecule has 18 heteroatoms. The first-order valence-electron chi connectivity index (χ1n) is 12.8. The fourth-order valence-corrected chi connectivity index (χ4v) is 5.16. The Balaban J connectivity index is -0.000000545. The summed E-state index contributed by atoms with van der Waals surface area (Å²) in [5.41, 5.74) is 32.3. The summed E-state index contributed by atoms with van der Waals surface area (Å²) in [6.45, 7) is 4.31. The number of nitrogens with two attached hydrogens (primary N) is 6. The van der Waals surface area contributed by atoms with Gasteiger partial charge in [-0.15, -0.1) is 0 Å². The average Bonchev–Trinajstić information content (AvgIpc) is 2.90. The van der Waals surface area contributed by atoms with E-state index in [1.807, 2.05) is 0 Å². The number of carbonyl (C=O) groups is 6. The van der Waals surface area contributed by atoms with Crippen LogP contribution in [0, 0.1) is 0 Å². The Kier molecular flexibility index (Phi) is 28.5. The van der Waals surface area contributed by atoms with Gasteiger partial charge < -0.3 is 49.7 Å². The summed E-state index contributed by atoms with van der Waals surface area (Å²) in [5.74, 6) is 0.0594. The molecule has 0 aromatic rings. The second-order valence-electron chi connectivity index (χ2n) is 9.08. The lowest BCUT2D eigenvalue weighted by Crippen LogP contribution is -2.35. The maximum Gasteiger partial charge on any atom is 0.321 e. The van der Waals surface area contributed by atoms with Crippen molar-refractivity contribution in [3.8, 4) is 0 Å². The quantitative estimate of drug-likeness (QED) is 0.0620. The van der Waals surface area contributed by atoms with Crippen LogP contribution in [0.15, 0.2) is 0 Å². The van der Waals surface area contributed by atoms with Gasteiger partial charge in [0, 0.05) is 17.3 Å². The van der Waals surface area contributed by atoms with Crippen molar-refractivity contribution < 1.29 is 44.1 Å². The van der Waals surface area contributed by atoms with Crippen molar-refractivity contribution in [2.24, 2.45) is 34.4 Å². The van der Waals surface area contributed by atoms with Gasteiger partial charge in [-0.05, 0) is 57.3 Å². The highest BCUT2D eigenvalue weighted by Crippen LogP contribution is 2.08. The Labute approximate surface area is 259 Å². The summed E-state index contributed by atoms with van der Waals surface area (Å²) in [4.78, 5) is 63.1. The number of carboxylic acid groups (broad SMARTS) is 3. The topological polar surface area (TPSA) is 319 Å². The molecule has 42 heavy (non-hydrogen) atoms. The molecule has 246 valence electrons. The summed E-state index contributed by atoms with van der Waals surface area (Å²) >= 11 is 4.29. The predicted octanol–water partition coefficient (Wildman–Crippen LogP) is -1.69. The predicted molar refractivity (Wildman–Crippen MR) is 169 cm³/mol. The zero-order chi connectivity index (χ0) is 33.4. The summed E-state index contributed by atoms with van der Waals surface area (Å²) in [6.07, 6.45) is 1.46. The van der Waals surface area contributed by atoms with E-state index < -0.39 is 54.2 Å². The van der Waals surface area contributed by atoms with E-state index in [-0.39, 0.29) is 23.1 Å². The van der Waals surface area contributed by atoms with Crippen LogP contribution in [-0.2, 0) is 28.8 Å². The van der Waals surface area contributed by atoms with Gasteiger partial charge >= 0.3 is 17.9 Å². The summed E-state index contributed by atoms with van der Waals surface area (Å²) < 4.78 is 0. The molecule has 0 fully saturated rings. The highest BCUT2D eigenvalue weighted by molar-refractivity contribution is 7.99. The minimum absolute atomic E-state index is 0.0159. The number of hydrogen-bond donors (Lipinski definition) is 9. The number of Topliss-reactive ketones (excluding diaryl/α,β-unsaturated/α-hetero) is 3. The van der Waals surface area contributed by atoms with E-state index in [4.69, 9.17) is 49.7 Å². The van der Waals surface area contributed by atoms with E-state index in [2.05, 4.69) is 0 Å². The lowest BCUT2D eigenvalue weighted by molar-refractivity contribution is -0.139. The van der Waals surface area contributed by atoms with Gasteiger partial charge in [-0.25, -0.2) is 0 Å². The van der Waals surface area contributed by atoms with Crippen molar-refractivity contribution in [2.45, 2.75) is 76.3 Å². The van der Waals surface area contributed by atoms with Crippen molar-refractivity contribution in [3.05, 3.63) is 0 Å². The fourth-order valence-electron chi connectivity index (χ4n) is 2.02. The number of rotatable bonds is 21. The maximum absolute atomic E-state index is 10.8. The fraction of sp³-hybridized carbons (Fsp3) is 0.750. The average molecular weight is 661 g/mol. The Morgan fingerprint density at radius 2 is 0.738 bits per heavy atom. The third-order valence-corrected chi connectivity index (χ3v) is 8.49. The molecule has 0 saturated carbocycles. The molecule has 15 N–H and O–H groups in total. The largest absolute Gasteiger partial charge is 0.480 e. The molecule has 0 aliphatic carbocycles. The van der Waals surface area contributed by atoms with Crippen LogP contribution in [0.1, 0.15) is 40.0 Å². The van der Waals surface area contributed by atoms with Gasteiger partial charge in [0.15, 0.2) is 0 Å². The van der Waals surface area contributed by atoms with Gasteiger partial charge in [0.2, 0.25) is 0 Å². The minimum atomic E-state index is -1.04. The Hall–Kier alpha value is -1.77. The van der Waals surface area contributed by atoms with Crippen LogP contribution in [0.5, 0.6) is 0 Å². The van der Waals surface area contributed by atoms with Gasteiger partial charge in [0.1, 0.15) is 35.5 Å². The molecule has 0 bridgehead atoms. The van der Waals surface area contributed by atoms with E-state index in [0.717, 1.165) is 5.75 Å². The number of aliphatic carboxylic acids is 3. The minimum Gasteiger partial charge on any atom is -0.480 e. The van der Waals surface area contributed by atoms with Crippen LogP contribution in [0.2, 0.25) is 0 Å². The SMILES string of the molecule is CC(=O)C(N)CCSCCC(N)C(=O)O.CC(=O)C(N)CSCC(N)C(=O)O.CC(=O)C(N)CSCCC(N)C(=O)O. The van der Waals surface area contributed by atoms with Crippen LogP contribution in [0.4, 0.5) is 0 Å². The maximum atomic E-state index is 10.8. The molecule has 15 nitrogen and oxygen atoms in total. The monoisotopic (exact) mass is 660 g/mol. The molecular weight excluding hydrogens is 612 g/mol. The van der Waals surface area contributed by atoms with E-state index in [1.165, 1.54) is 44.3 Å². The standard InChI is InChI=1S/C9H18N2O3S.C8H16N2O3S.C7H14N2O3S/c1-6(12)7(10)2-4-15-5-3-8(11)9(13)14;1-5(11)7(10)4-14-3-2-6(9)8(12)13;1-4(10)5(8)2-13-3-6(9)7(11)12/h7-8H,2-5,10-11H2,1H3,(H,13,14);6-7H,2-4,9-10H2,1H3,(H,12,13);5-6H,2-3,8-9H2,1H3,(H,11,12). The van der Waals surface area contributed by atoms with Crippen LogP contribution < -0.4 is 34.4 Å².